The molecular formula is C16H13N5O3S3. The number of nitrogens with one attached hydrogen (secondary N) is 1. The Balaban J connectivity index is 1.33. The van der Waals surface area contributed by atoms with E-state index in [9.17, 15) is 13.2 Å². The summed E-state index contributed by atoms with van der Waals surface area (Å²) in [5.74, 6) is -0.199. The van der Waals surface area contributed by atoms with Gasteiger partial charge in [0.2, 0.25) is 0 Å². The maximum absolute atomic E-state index is 12.5. The Hall–Kier alpha value is -2.37. The van der Waals surface area contributed by atoms with Crippen LogP contribution in [0.5, 0.6) is 0 Å². The summed E-state index contributed by atoms with van der Waals surface area (Å²) in [6, 6.07) is 5.35. The zero-order valence-corrected chi connectivity index (χ0v) is 16.3. The van der Waals surface area contributed by atoms with Crippen LogP contribution >= 0.6 is 23.1 Å². The number of rotatable bonds is 3. The molecule has 0 spiro atoms. The molecule has 1 N–H and O–H groups in total. The minimum Gasteiger partial charge on any atom is -0.346 e. The summed E-state index contributed by atoms with van der Waals surface area (Å²) in [6.07, 6.45) is 3.81. The lowest BCUT2D eigenvalue weighted by Gasteiger charge is -2.22. The lowest BCUT2D eigenvalue weighted by atomic mass is 10.2. The van der Waals surface area contributed by atoms with Gasteiger partial charge >= 0.3 is 0 Å². The first kappa shape index (κ1) is 16.8. The van der Waals surface area contributed by atoms with Gasteiger partial charge in [-0.05, 0) is 30.0 Å². The zero-order valence-electron chi connectivity index (χ0n) is 13.8. The number of thiazole rings is 1. The Labute approximate surface area is 163 Å². The molecule has 8 nitrogen and oxygen atoms in total. The topological polar surface area (TPSA) is 96.1 Å². The molecule has 0 unspecified atom stereocenters. The van der Waals surface area contributed by atoms with E-state index in [1.54, 1.807) is 12.1 Å². The number of aromatic nitrogens is 2. The standard InChI is InChI=1S/C16H13N5O3S3/c22-14(17-8-11-9-20-3-5-25-15(20)18-11)10-1-2-12-13(7-10)26-16-19-27(23,24)6-4-21(12)16/h1-3,5,7,9H,4,6,8H2,(H,17,22). The molecule has 0 saturated carbocycles. The van der Waals surface area contributed by atoms with Gasteiger partial charge in [0.05, 0.1) is 23.7 Å². The molecular weight excluding hydrogens is 406 g/mol. The summed E-state index contributed by atoms with van der Waals surface area (Å²) < 4.78 is 29.1. The number of sulfonamides is 1. The van der Waals surface area contributed by atoms with Crippen molar-refractivity contribution in [2.24, 2.45) is 4.40 Å². The second-order valence-corrected chi connectivity index (χ2v) is 9.74. The maximum Gasteiger partial charge on any atom is 0.257 e. The first-order valence-corrected chi connectivity index (χ1v) is 11.4. The van der Waals surface area contributed by atoms with Crippen LogP contribution in [0.25, 0.3) is 4.96 Å². The first-order chi connectivity index (χ1) is 13.0. The smallest absolute Gasteiger partial charge is 0.257 e. The number of imidazole rings is 1. The second kappa shape index (κ2) is 6.08. The van der Waals surface area contributed by atoms with Crippen LogP contribution in [0.4, 0.5) is 5.69 Å². The van der Waals surface area contributed by atoms with Gasteiger partial charge in [0.1, 0.15) is 0 Å². The minimum atomic E-state index is -3.39. The van der Waals surface area contributed by atoms with Crippen molar-refractivity contribution in [1.82, 2.24) is 14.7 Å². The number of amidine groups is 1. The molecule has 0 atom stereocenters. The lowest BCUT2D eigenvalue weighted by molar-refractivity contribution is 0.0950. The van der Waals surface area contributed by atoms with Crippen LogP contribution < -0.4 is 10.2 Å². The molecule has 0 saturated heterocycles. The zero-order chi connectivity index (χ0) is 18.6. The summed E-state index contributed by atoms with van der Waals surface area (Å²) in [5.41, 5.74) is 2.20. The fourth-order valence-corrected chi connectivity index (χ4v) is 6.02. The molecule has 1 amide bonds. The van der Waals surface area contributed by atoms with E-state index in [0.29, 0.717) is 23.8 Å². The Bertz CT molecular complexity index is 1180. The largest absolute Gasteiger partial charge is 0.346 e. The van der Waals surface area contributed by atoms with Crippen LogP contribution in [0.15, 0.2) is 45.3 Å². The van der Waals surface area contributed by atoms with Gasteiger partial charge in [0.15, 0.2) is 10.1 Å². The molecule has 0 radical (unpaired) electrons. The van der Waals surface area contributed by atoms with Crippen molar-refractivity contribution in [3.05, 3.63) is 47.2 Å². The van der Waals surface area contributed by atoms with E-state index in [-0.39, 0.29) is 11.7 Å². The van der Waals surface area contributed by atoms with Crippen LogP contribution in [0.2, 0.25) is 0 Å². The number of hydrogen-bond donors (Lipinski definition) is 1. The van der Waals surface area contributed by atoms with E-state index in [1.807, 2.05) is 33.1 Å². The quantitative estimate of drug-likeness (QED) is 0.697. The monoisotopic (exact) mass is 419 g/mol. The molecule has 2 aliphatic rings. The number of carbonyl (C=O) groups excluding carboxylic acids is 1. The molecule has 2 aromatic heterocycles. The fourth-order valence-electron chi connectivity index (χ4n) is 3.01. The minimum absolute atomic E-state index is 0.000840. The Kier molecular flexibility index (Phi) is 3.78. The normalized spacial score (nSPS) is 17.5. The second-order valence-electron chi connectivity index (χ2n) is 6.10. The van der Waals surface area contributed by atoms with Gasteiger partial charge in [0, 0.05) is 34.8 Å². The highest BCUT2D eigenvalue weighted by Crippen LogP contribution is 2.42. The summed E-state index contributed by atoms with van der Waals surface area (Å²) in [6.45, 7) is 0.721. The van der Waals surface area contributed by atoms with Crippen LogP contribution in [0.1, 0.15) is 16.1 Å². The average molecular weight is 420 g/mol. The van der Waals surface area contributed by atoms with Gasteiger partial charge in [0.25, 0.3) is 15.9 Å². The van der Waals surface area contributed by atoms with Gasteiger partial charge in [-0.25, -0.2) is 13.4 Å². The molecule has 4 heterocycles. The molecule has 0 aliphatic carbocycles. The number of carbonyl (C=O) groups is 1. The summed E-state index contributed by atoms with van der Waals surface area (Å²) in [4.78, 5) is 20.5. The Morgan fingerprint density at radius 2 is 2.22 bits per heavy atom. The van der Waals surface area contributed by atoms with Crippen molar-refractivity contribution in [2.45, 2.75) is 11.4 Å². The van der Waals surface area contributed by atoms with Crippen LogP contribution in [0, 0.1) is 0 Å². The highest BCUT2D eigenvalue weighted by molar-refractivity contribution is 8.15. The lowest BCUT2D eigenvalue weighted by Crippen LogP contribution is -2.35. The SMILES string of the molecule is O=C(NCc1cn2ccsc2n1)c1ccc2c(c1)SC1=NS(=O)(=O)CCN12. The number of thioether (sulfide) groups is 1. The van der Waals surface area contributed by atoms with E-state index in [2.05, 4.69) is 14.7 Å². The van der Waals surface area contributed by atoms with Crippen LogP contribution in [-0.2, 0) is 16.6 Å². The number of amides is 1. The summed E-state index contributed by atoms with van der Waals surface area (Å²) in [7, 11) is -3.39. The fraction of sp³-hybridized carbons (Fsp3) is 0.188. The van der Waals surface area contributed by atoms with Gasteiger partial charge in [-0.1, -0.05) is 0 Å². The van der Waals surface area contributed by atoms with Gasteiger partial charge in [-0.3, -0.25) is 9.20 Å². The molecule has 2 aliphatic heterocycles. The molecule has 138 valence electrons. The molecule has 11 heteroatoms. The number of anilines is 1. The molecule has 3 aromatic rings. The third kappa shape index (κ3) is 3.01. The van der Waals surface area contributed by atoms with Gasteiger partial charge < -0.3 is 10.2 Å². The average Bonchev–Trinajstić information content (AvgIpc) is 3.30. The van der Waals surface area contributed by atoms with E-state index in [0.717, 1.165) is 21.2 Å². The molecule has 5 rings (SSSR count). The van der Waals surface area contributed by atoms with Gasteiger partial charge in [-0.2, -0.15) is 0 Å². The van der Waals surface area contributed by atoms with E-state index >= 15 is 0 Å². The van der Waals surface area contributed by atoms with Crippen LogP contribution in [-0.4, -0.2) is 41.2 Å². The van der Waals surface area contributed by atoms with Crippen molar-refractivity contribution in [3.8, 4) is 0 Å². The van der Waals surface area contributed by atoms with Crippen molar-refractivity contribution in [1.29, 1.82) is 0 Å². The van der Waals surface area contributed by atoms with E-state index in [4.69, 9.17) is 0 Å². The van der Waals surface area contributed by atoms with Gasteiger partial charge in [-0.15, -0.1) is 15.7 Å². The van der Waals surface area contributed by atoms with Crippen molar-refractivity contribution in [3.63, 3.8) is 0 Å². The van der Waals surface area contributed by atoms with E-state index < -0.39 is 10.0 Å². The number of benzene rings is 1. The highest BCUT2D eigenvalue weighted by atomic mass is 32.2. The Morgan fingerprint density at radius 1 is 1.33 bits per heavy atom. The predicted octanol–water partition coefficient (Wildman–Crippen LogP) is 1.94. The van der Waals surface area contributed by atoms with Crippen LogP contribution in [0.3, 0.4) is 0 Å². The third-order valence-electron chi connectivity index (χ3n) is 4.31. The third-order valence-corrected chi connectivity index (χ3v) is 7.39. The van der Waals surface area contributed by atoms with Crippen molar-refractivity contribution >= 4 is 54.8 Å². The molecule has 0 fully saturated rings. The van der Waals surface area contributed by atoms with Crippen molar-refractivity contribution < 1.29 is 13.2 Å². The highest BCUT2D eigenvalue weighted by Gasteiger charge is 2.33. The van der Waals surface area contributed by atoms with Crippen molar-refractivity contribution in [2.75, 3.05) is 17.2 Å². The number of nitrogens with zero attached hydrogens (tertiary/aromatic N) is 4. The molecule has 27 heavy (non-hydrogen) atoms. The number of fused-ring (bicyclic) bond motifs is 4. The summed E-state index contributed by atoms with van der Waals surface area (Å²) >= 11 is 2.81. The Morgan fingerprint density at radius 3 is 3.07 bits per heavy atom. The maximum atomic E-state index is 12.5. The van der Waals surface area contributed by atoms with E-state index in [1.165, 1.54) is 23.1 Å². The first-order valence-electron chi connectivity index (χ1n) is 8.10. The number of hydrogen-bond acceptors (Lipinski definition) is 7. The molecule has 1 aromatic carbocycles. The summed E-state index contributed by atoms with van der Waals surface area (Å²) in [5, 5.41) is 5.28. The molecule has 0 bridgehead atoms. The predicted molar refractivity (Wildman–Crippen MR) is 105 cm³/mol.